The summed E-state index contributed by atoms with van der Waals surface area (Å²) in [5.41, 5.74) is 3.29. The average molecular weight is 505 g/mol. The van der Waals surface area contributed by atoms with Gasteiger partial charge in [0.15, 0.2) is 6.61 Å². The Hall–Kier alpha value is -2.71. The number of carbonyl (C=O) groups is 1. The second kappa shape index (κ2) is 13.4. The van der Waals surface area contributed by atoms with E-state index in [1.165, 1.54) is 35.0 Å². The van der Waals surface area contributed by atoms with Crippen LogP contribution in [0.25, 0.3) is 0 Å². The molecule has 1 aliphatic rings. The zero-order valence-corrected chi connectivity index (χ0v) is 21.4. The van der Waals surface area contributed by atoms with Crippen LogP contribution in [0.2, 0.25) is 0 Å². The smallest absolute Gasteiger partial charge is 0.341 e. The lowest BCUT2D eigenvalue weighted by molar-refractivity contribution is -0.139. The molecule has 0 amide bonds. The van der Waals surface area contributed by atoms with Crippen molar-refractivity contribution in [2.75, 3.05) is 32.5 Å². The Morgan fingerprint density at radius 3 is 2.37 bits per heavy atom. The van der Waals surface area contributed by atoms with Crippen LogP contribution < -0.4 is 4.74 Å². The minimum atomic E-state index is -2.85. The van der Waals surface area contributed by atoms with E-state index < -0.39 is 11.9 Å². The molecule has 2 aromatic rings. The van der Waals surface area contributed by atoms with E-state index in [2.05, 4.69) is 25.0 Å². The van der Waals surface area contributed by atoms with Crippen LogP contribution in [0.4, 0.5) is 8.78 Å². The fourth-order valence-electron chi connectivity index (χ4n) is 3.93. The number of hydrogen-bond acceptors (Lipinski definition) is 5. The summed E-state index contributed by atoms with van der Waals surface area (Å²) >= 11 is 1.52. The lowest BCUT2D eigenvalue weighted by atomic mass is 10.0. The number of alkyl halides is 2. The third-order valence-electron chi connectivity index (χ3n) is 5.63. The van der Waals surface area contributed by atoms with Gasteiger partial charge in [0.1, 0.15) is 5.75 Å². The van der Waals surface area contributed by atoms with Crippen LogP contribution >= 0.6 is 11.8 Å². The van der Waals surface area contributed by atoms with E-state index in [9.17, 15) is 13.6 Å². The number of fused-ring (bicyclic) bond motifs is 1. The molecular formula is C27H34F2N2O3S. The Balaban J connectivity index is 0.00000210. The molecule has 2 aromatic carbocycles. The Labute approximate surface area is 210 Å². The molecular weight excluding hydrogens is 470 g/mol. The molecule has 3 rings (SSSR count). The number of ether oxygens (including phenoxy) is 1. The third-order valence-corrected chi connectivity index (χ3v) is 6.35. The van der Waals surface area contributed by atoms with E-state index in [-0.39, 0.29) is 18.2 Å². The second-order valence-corrected chi connectivity index (χ2v) is 9.16. The lowest BCUT2D eigenvalue weighted by Crippen LogP contribution is -2.33. The quantitative estimate of drug-likeness (QED) is 0.285. The number of nitrogens with zero attached hydrogens (tertiary/aromatic N) is 2. The first-order chi connectivity index (χ1) is 16.7. The summed E-state index contributed by atoms with van der Waals surface area (Å²) in [6, 6.07) is 12.2. The molecule has 1 aliphatic heterocycles. The molecule has 0 aliphatic carbocycles. The number of carboxylic acid groups (broad SMARTS) is 1. The zero-order chi connectivity index (χ0) is 26.0. The molecule has 1 heterocycles. The van der Waals surface area contributed by atoms with Crippen LogP contribution in [0, 0.1) is 0 Å². The van der Waals surface area contributed by atoms with Crippen molar-refractivity contribution >= 4 is 22.8 Å². The van der Waals surface area contributed by atoms with Gasteiger partial charge in [-0.15, -0.1) is 24.9 Å². The fraction of sp³-hybridized carbons (Fsp3) is 0.407. The van der Waals surface area contributed by atoms with Crippen molar-refractivity contribution in [3.63, 3.8) is 0 Å². The topological polar surface area (TPSA) is 62.1 Å². The predicted octanol–water partition coefficient (Wildman–Crippen LogP) is 5.66. The van der Waals surface area contributed by atoms with Gasteiger partial charge in [-0.25, -0.2) is 13.6 Å². The highest BCUT2D eigenvalue weighted by Crippen LogP contribution is 2.27. The molecule has 1 atom stereocenters. The molecule has 35 heavy (non-hydrogen) atoms. The van der Waals surface area contributed by atoms with Gasteiger partial charge in [-0.05, 0) is 49.3 Å². The van der Waals surface area contributed by atoms with E-state index in [1.54, 1.807) is 12.1 Å². The van der Waals surface area contributed by atoms with E-state index in [1.807, 2.05) is 24.5 Å². The molecule has 190 valence electrons. The van der Waals surface area contributed by atoms with Crippen LogP contribution in [-0.4, -0.2) is 59.6 Å². The van der Waals surface area contributed by atoms with Crippen LogP contribution in [0.3, 0.4) is 0 Å². The maximum Gasteiger partial charge on any atom is 0.341 e. The first-order valence-corrected chi connectivity index (χ1v) is 12.7. The van der Waals surface area contributed by atoms with Gasteiger partial charge in [0.2, 0.25) is 0 Å². The fourth-order valence-corrected chi connectivity index (χ4v) is 4.59. The van der Waals surface area contributed by atoms with Crippen molar-refractivity contribution in [3.8, 4) is 5.75 Å². The molecule has 0 radical (unpaired) electrons. The van der Waals surface area contributed by atoms with Gasteiger partial charge in [-0.1, -0.05) is 30.3 Å². The third kappa shape index (κ3) is 8.78. The number of hydrogen-bond donors (Lipinski definition) is 1. The second-order valence-electron chi connectivity index (χ2n) is 8.37. The Morgan fingerprint density at radius 2 is 1.80 bits per heavy atom. The van der Waals surface area contributed by atoms with Crippen molar-refractivity contribution in [2.45, 2.75) is 38.7 Å². The summed E-state index contributed by atoms with van der Waals surface area (Å²) in [6.45, 7) is 11.2. The van der Waals surface area contributed by atoms with E-state index >= 15 is 0 Å². The first-order valence-electron chi connectivity index (χ1n) is 11.4. The summed E-state index contributed by atoms with van der Waals surface area (Å²) in [6.07, 6.45) is 3.71. The number of carboxylic acids is 1. The van der Waals surface area contributed by atoms with Crippen LogP contribution in [-0.2, 0) is 23.6 Å². The molecule has 0 bridgehead atoms. The van der Waals surface area contributed by atoms with Gasteiger partial charge in [0.05, 0.1) is 11.1 Å². The molecule has 1 N–H and O–H groups in total. The van der Waals surface area contributed by atoms with Gasteiger partial charge in [-0.2, -0.15) is 0 Å². The van der Waals surface area contributed by atoms with Crippen molar-refractivity contribution in [1.29, 1.82) is 0 Å². The molecule has 0 spiro atoms. The summed E-state index contributed by atoms with van der Waals surface area (Å²) in [7, 11) is 0. The van der Waals surface area contributed by atoms with Crippen molar-refractivity contribution in [2.24, 2.45) is 4.99 Å². The first kappa shape index (κ1) is 28.5. The monoisotopic (exact) mass is 504 g/mol. The van der Waals surface area contributed by atoms with Gasteiger partial charge in [0, 0.05) is 37.7 Å². The van der Waals surface area contributed by atoms with Crippen molar-refractivity contribution in [1.82, 2.24) is 4.90 Å². The van der Waals surface area contributed by atoms with Crippen LogP contribution in [0.1, 0.15) is 36.1 Å². The van der Waals surface area contributed by atoms with E-state index in [0.29, 0.717) is 5.75 Å². The molecule has 0 saturated heterocycles. The lowest BCUT2D eigenvalue weighted by Gasteiger charge is -2.22. The molecule has 1 unspecified atom stereocenters. The number of rotatable bonds is 8. The number of aliphatic imine (C=N–C) groups is 1. The largest absolute Gasteiger partial charge is 0.482 e. The Bertz CT molecular complexity index is 1010. The molecule has 5 nitrogen and oxygen atoms in total. The molecule has 8 heteroatoms. The SMILES string of the molecule is C=C.CSC(=NC(C)CN1CCc2ccc(OCC(=O)O)cc2CC1)c1ccc(C(C)(F)F)cc1. The summed E-state index contributed by atoms with van der Waals surface area (Å²) in [4.78, 5) is 18.0. The van der Waals surface area contributed by atoms with Gasteiger partial charge >= 0.3 is 5.97 Å². The number of thioether (sulfide) groups is 1. The number of benzene rings is 2. The standard InChI is InChI=1S/C25H30F2N2O3S.C2H4/c1-17(28-24(33-3)19-4-7-21(8-5-19)25(2,26)27)15-29-12-10-18-6-9-22(32-16-23(30)31)14-20(18)11-13-29;1-2/h4-9,14,17H,10-13,15-16H2,1-3H3,(H,30,31);1-2H2. The van der Waals surface area contributed by atoms with Crippen LogP contribution in [0.15, 0.2) is 60.6 Å². The van der Waals surface area contributed by atoms with Crippen molar-refractivity contribution in [3.05, 3.63) is 77.9 Å². The number of halogens is 2. The van der Waals surface area contributed by atoms with Crippen molar-refractivity contribution < 1.29 is 23.4 Å². The molecule has 0 fully saturated rings. The highest BCUT2D eigenvalue weighted by atomic mass is 32.2. The average Bonchev–Trinajstić information content (AvgIpc) is 3.04. The van der Waals surface area contributed by atoms with Gasteiger partial charge in [-0.3, -0.25) is 4.99 Å². The van der Waals surface area contributed by atoms with Crippen LogP contribution in [0.5, 0.6) is 5.75 Å². The Morgan fingerprint density at radius 1 is 1.17 bits per heavy atom. The maximum atomic E-state index is 13.5. The summed E-state index contributed by atoms with van der Waals surface area (Å²) in [5, 5.41) is 9.64. The maximum absolute atomic E-state index is 13.5. The molecule has 0 aromatic heterocycles. The van der Waals surface area contributed by atoms with Gasteiger partial charge in [0.25, 0.3) is 5.92 Å². The minimum absolute atomic E-state index is 0.000372. The van der Waals surface area contributed by atoms with E-state index in [4.69, 9.17) is 14.8 Å². The highest BCUT2D eigenvalue weighted by Gasteiger charge is 2.24. The normalized spacial score (nSPS) is 15.3. The van der Waals surface area contributed by atoms with Gasteiger partial charge < -0.3 is 14.7 Å². The highest BCUT2D eigenvalue weighted by molar-refractivity contribution is 8.13. The molecule has 0 saturated carbocycles. The predicted molar refractivity (Wildman–Crippen MR) is 140 cm³/mol. The zero-order valence-electron chi connectivity index (χ0n) is 20.6. The number of aliphatic carboxylic acids is 1. The Kier molecular flexibility index (Phi) is 10.9. The van der Waals surface area contributed by atoms with E-state index in [0.717, 1.165) is 50.0 Å². The summed E-state index contributed by atoms with van der Waals surface area (Å²) < 4.78 is 32.3. The minimum Gasteiger partial charge on any atom is -0.482 e. The summed E-state index contributed by atoms with van der Waals surface area (Å²) in [5.74, 6) is -3.26.